The fourth-order valence-corrected chi connectivity index (χ4v) is 3.78. The summed E-state index contributed by atoms with van der Waals surface area (Å²) in [7, 11) is -0.586. The molecule has 1 heterocycles. The third kappa shape index (κ3) is 4.48. The summed E-state index contributed by atoms with van der Waals surface area (Å²) in [6, 6.07) is 0. The van der Waals surface area contributed by atoms with E-state index in [0.717, 1.165) is 25.7 Å². The molecule has 4 nitrogen and oxygen atoms in total. The number of carbonyl (C=O) groups excluding carboxylic acids is 1. The van der Waals surface area contributed by atoms with Gasteiger partial charge in [0.2, 0.25) is 0 Å². The van der Waals surface area contributed by atoms with Crippen LogP contribution in [0.15, 0.2) is 12.2 Å². The molecule has 0 aromatic carbocycles. The molecule has 0 aromatic rings. The van der Waals surface area contributed by atoms with Gasteiger partial charge in [-0.15, -0.1) is 0 Å². The molecule has 1 saturated heterocycles. The van der Waals surface area contributed by atoms with Gasteiger partial charge in [-0.05, 0) is 6.42 Å². The van der Waals surface area contributed by atoms with Gasteiger partial charge >= 0.3 is 5.97 Å². The first kappa shape index (κ1) is 14.6. The zero-order valence-corrected chi connectivity index (χ0v) is 14.4. The first-order chi connectivity index (χ1) is 11.2. The van der Waals surface area contributed by atoms with Gasteiger partial charge in [0.15, 0.2) is 0 Å². The predicted octanol–water partition coefficient (Wildman–Crippen LogP) is 3.43. The molecule has 2 aliphatic rings. The van der Waals surface area contributed by atoms with Crippen molar-refractivity contribution >= 4 is 24.8 Å². The Morgan fingerprint density at radius 3 is 3.19 bits per heavy atom. The first-order valence-electron chi connectivity index (χ1n) is 8.72. The molecule has 3 unspecified atom stereocenters. The Morgan fingerprint density at radius 2 is 2.43 bits per heavy atom. The molecule has 0 N–H and O–H groups in total. The van der Waals surface area contributed by atoms with Gasteiger partial charge in [0.25, 0.3) is 0 Å². The Labute approximate surface area is 134 Å². The largest absolute Gasteiger partial charge is 0.462 e. The van der Waals surface area contributed by atoms with Crippen LogP contribution in [0, 0.1) is 11.8 Å². The van der Waals surface area contributed by atoms with Crippen LogP contribution >= 0.6 is 18.8 Å². The van der Waals surface area contributed by atoms with E-state index >= 15 is 0 Å². The first-order valence-corrected chi connectivity index (χ1v) is 8.53. The summed E-state index contributed by atoms with van der Waals surface area (Å²) in [6.07, 6.45) is 9.36. The standard InChI is InChI=1S/C15H26O4P2/c1-2-3-4-5-10(18-20)6-7-11-12-8-15(16)17-13(12)9-14(11)19-21/h6-7,10-14H,2-5,8-9,20-21H2,1H3/b7-6+/t10?,11-,12-,13+,14-/m1/s1/i20T,21T/t10?,11-,12-,13+,14-,20?,21?. The minimum absolute atomic E-state index is 0.0476. The lowest BCUT2D eigenvalue weighted by Crippen LogP contribution is -2.19. The van der Waals surface area contributed by atoms with Crippen LogP contribution in [0.5, 0.6) is 0 Å². The van der Waals surface area contributed by atoms with Gasteiger partial charge in [-0.25, -0.2) is 0 Å². The van der Waals surface area contributed by atoms with Crippen LogP contribution < -0.4 is 0 Å². The zero-order chi connectivity index (χ0) is 16.7. The van der Waals surface area contributed by atoms with Crippen molar-refractivity contribution < 1.29 is 18.6 Å². The van der Waals surface area contributed by atoms with E-state index < -0.39 is 0 Å². The van der Waals surface area contributed by atoms with Gasteiger partial charge in [-0.1, -0.05) is 38.3 Å². The number of esters is 1. The maximum Gasteiger partial charge on any atom is 0.306 e. The molecule has 2 rings (SSSR count). The number of unbranched alkanes of at least 4 members (excludes halogenated alkanes) is 2. The molecule has 0 bridgehead atoms. The topological polar surface area (TPSA) is 44.8 Å². The van der Waals surface area contributed by atoms with Crippen molar-refractivity contribution in [2.75, 3.05) is 0 Å². The average molecular weight is 336 g/mol. The van der Waals surface area contributed by atoms with E-state index in [2.05, 4.69) is 13.0 Å². The summed E-state index contributed by atoms with van der Waals surface area (Å²) in [5.74, 6) is 0.110. The molecule has 0 spiro atoms. The fraction of sp³-hybridized carbons (Fsp3) is 0.800. The van der Waals surface area contributed by atoms with Gasteiger partial charge in [-0.3, -0.25) is 4.79 Å². The van der Waals surface area contributed by atoms with Crippen molar-refractivity contribution in [3.8, 4) is 0 Å². The number of rotatable bonds is 10. The van der Waals surface area contributed by atoms with Crippen LogP contribution in [0.25, 0.3) is 0 Å². The second kappa shape index (κ2) is 8.58. The highest BCUT2D eigenvalue weighted by Crippen LogP contribution is 2.44. The summed E-state index contributed by atoms with van der Waals surface area (Å²) in [5, 5.41) is 0. The number of ether oxygens (including phenoxy) is 1. The van der Waals surface area contributed by atoms with Crippen LogP contribution in [0.3, 0.4) is 0 Å². The van der Waals surface area contributed by atoms with Gasteiger partial charge in [-0.2, -0.15) is 0 Å². The molecule has 0 amide bonds. The Balaban J connectivity index is 1.98. The summed E-state index contributed by atoms with van der Waals surface area (Å²) in [5.41, 5.74) is 0. The molecular weight excluding hydrogens is 306 g/mol. The predicted molar refractivity (Wildman–Crippen MR) is 88.5 cm³/mol. The van der Waals surface area contributed by atoms with Crippen LogP contribution in [-0.2, 0) is 18.6 Å². The Hall–Kier alpha value is -0.0100. The van der Waals surface area contributed by atoms with Crippen molar-refractivity contribution in [2.45, 2.75) is 63.8 Å². The highest BCUT2D eigenvalue weighted by molar-refractivity contribution is 7.10. The summed E-state index contributed by atoms with van der Waals surface area (Å²) in [6.45, 7) is 2.16. The zero-order valence-electron chi connectivity index (χ0n) is 14.4. The molecule has 0 aromatic heterocycles. The summed E-state index contributed by atoms with van der Waals surface area (Å²) >= 11 is 0. The van der Waals surface area contributed by atoms with Crippen molar-refractivity contribution in [1.82, 2.24) is 0 Å². The van der Waals surface area contributed by atoms with Crippen molar-refractivity contribution in [2.24, 2.45) is 11.8 Å². The maximum atomic E-state index is 11.5. The van der Waals surface area contributed by atoms with Crippen molar-refractivity contribution in [3.63, 3.8) is 0 Å². The van der Waals surface area contributed by atoms with Crippen LogP contribution in [0.4, 0.5) is 0 Å². The monoisotopic (exact) mass is 336 g/mol. The molecule has 1 aliphatic carbocycles. The van der Waals surface area contributed by atoms with Crippen molar-refractivity contribution in [1.29, 1.82) is 2.56 Å². The molecule has 120 valence electrons. The number of fused-ring (bicyclic) bond motifs is 1. The molecule has 1 saturated carbocycles. The Kier molecular flexibility index (Phi) is 5.95. The number of hydrogen-bond donors (Lipinski definition) is 0. The SMILES string of the molecule is [3H]POC(/C=C/[C@@H]1[C@H]2CC(=O)O[C@H]2C[C@H]1OP[3H])CCCCC. The van der Waals surface area contributed by atoms with Crippen LogP contribution in [-0.4, -0.2) is 26.8 Å². The van der Waals surface area contributed by atoms with Crippen LogP contribution in [0.1, 0.15) is 45.4 Å². The normalized spacial score (nSPS) is 35.8. The lowest BCUT2D eigenvalue weighted by molar-refractivity contribution is -0.141. The Bertz CT molecular complexity index is 411. The quantitative estimate of drug-likeness (QED) is 0.265. The molecule has 6 heteroatoms. The van der Waals surface area contributed by atoms with E-state index in [9.17, 15) is 4.79 Å². The van der Waals surface area contributed by atoms with E-state index in [4.69, 9.17) is 16.3 Å². The molecular formula is C15H26O4P2. The van der Waals surface area contributed by atoms with E-state index in [0.29, 0.717) is 12.8 Å². The van der Waals surface area contributed by atoms with Gasteiger partial charge < -0.3 is 13.8 Å². The molecule has 0 radical (unpaired) electrons. The summed E-state index contributed by atoms with van der Waals surface area (Å²) in [4.78, 5) is 11.5. The molecule has 21 heavy (non-hydrogen) atoms. The number of carbonyl (C=O) groups is 1. The minimum Gasteiger partial charge on any atom is -0.462 e. The van der Waals surface area contributed by atoms with Crippen LogP contribution in [0.2, 0.25) is 0 Å². The molecule has 1 aliphatic heterocycles. The van der Waals surface area contributed by atoms with E-state index in [1.165, 1.54) is 0 Å². The van der Waals surface area contributed by atoms with E-state index in [-0.39, 0.29) is 54.9 Å². The fourth-order valence-electron chi connectivity index (χ4n) is 3.33. The minimum atomic E-state index is -0.308. The molecule has 7 atom stereocenters. The lowest BCUT2D eigenvalue weighted by Gasteiger charge is -2.19. The summed E-state index contributed by atoms with van der Waals surface area (Å²) < 4.78 is 31.1. The highest BCUT2D eigenvalue weighted by atomic mass is 31.0. The lowest BCUT2D eigenvalue weighted by atomic mass is 9.91. The van der Waals surface area contributed by atoms with Gasteiger partial charge in [0, 0.05) is 37.1 Å². The Morgan fingerprint density at radius 1 is 1.52 bits per heavy atom. The maximum absolute atomic E-state index is 11.5. The highest BCUT2D eigenvalue weighted by Gasteiger charge is 2.49. The smallest absolute Gasteiger partial charge is 0.306 e. The van der Waals surface area contributed by atoms with E-state index in [1.54, 1.807) is 0 Å². The van der Waals surface area contributed by atoms with Gasteiger partial charge in [0.1, 0.15) is 6.10 Å². The second-order valence-corrected chi connectivity index (χ2v) is 6.37. The second-order valence-electron chi connectivity index (χ2n) is 5.90. The van der Waals surface area contributed by atoms with E-state index in [1.807, 2.05) is 6.08 Å². The molecule has 2 fully saturated rings. The van der Waals surface area contributed by atoms with Crippen molar-refractivity contribution in [3.05, 3.63) is 12.2 Å². The average Bonchev–Trinajstić information content (AvgIpc) is 3.01. The van der Waals surface area contributed by atoms with Gasteiger partial charge in [0.05, 0.1) is 21.2 Å². The third-order valence-electron chi connectivity index (χ3n) is 4.49. The third-order valence-corrected chi connectivity index (χ3v) is 5.10. The number of hydrogen-bond acceptors (Lipinski definition) is 4.